The van der Waals surface area contributed by atoms with Crippen LogP contribution < -0.4 is 10.1 Å². The molecular weight excluding hydrogens is 336 g/mol. The molecule has 4 heteroatoms. The molecule has 2 aromatic carbocycles. The molecule has 0 aliphatic carbocycles. The molecule has 3 aromatic rings. The number of para-hydroxylation sites is 1. The molecule has 0 radical (unpaired) electrons. The van der Waals surface area contributed by atoms with Gasteiger partial charge >= 0.3 is 0 Å². The number of rotatable bonds is 7. The standard InChI is InChI=1S/C23H22N2O2/c1-2-27-21-14-7-6-10-18(21)15-16-22(26)25-23(19-11-4-3-5-12-19)20-13-8-9-17-24-20/h3-17,23H,2H2,1H3,(H,25,26)/b16-15+. The molecule has 1 atom stereocenters. The first kappa shape index (κ1) is 18.4. The maximum Gasteiger partial charge on any atom is 0.244 e. The van der Waals surface area contributed by atoms with Gasteiger partial charge in [0.25, 0.3) is 0 Å². The van der Waals surface area contributed by atoms with Crippen molar-refractivity contribution in [3.05, 3.63) is 102 Å². The molecule has 4 nitrogen and oxygen atoms in total. The maximum atomic E-state index is 12.6. The van der Waals surface area contributed by atoms with E-state index in [2.05, 4.69) is 10.3 Å². The number of carbonyl (C=O) groups is 1. The van der Waals surface area contributed by atoms with Gasteiger partial charge in [-0.3, -0.25) is 9.78 Å². The lowest BCUT2D eigenvalue weighted by atomic mass is 10.0. The molecular formula is C23H22N2O2. The number of pyridine rings is 1. The van der Waals surface area contributed by atoms with Gasteiger partial charge in [-0.2, -0.15) is 0 Å². The summed E-state index contributed by atoms with van der Waals surface area (Å²) in [4.78, 5) is 17.0. The monoisotopic (exact) mass is 358 g/mol. The van der Waals surface area contributed by atoms with Crippen LogP contribution in [-0.4, -0.2) is 17.5 Å². The first-order chi connectivity index (χ1) is 13.3. The minimum Gasteiger partial charge on any atom is -0.493 e. The van der Waals surface area contributed by atoms with E-state index in [1.807, 2.05) is 79.7 Å². The van der Waals surface area contributed by atoms with Gasteiger partial charge < -0.3 is 10.1 Å². The van der Waals surface area contributed by atoms with Crippen LogP contribution in [0.2, 0.25) is 0 Å². The van der Waals surface area contributed by atoms with Crippen molar-refractivity contribution in [3.8, 4) is 5.75 Å². The zero-order chi connectivity index (χ0) is 18.9. The molecule has 1 heterocycles. The molecule has 1 N–H and O–H groups in total. The molecule has 27 heavy (non-hydrogen) atoms. The van der Waals surface area contributed by atoms with Gasteiger partial charge in [-0.1, -0.05) is 54.6 Å². The average molecular weight is 358 g/mol. The second-order valence-electron chi connectivity index (χ2n) is 5.91. The van der Waals surface area contributed by atoms with Crippen molar-refractivity contribution in [2.45, 2.75) is 13.0 Å². The van der Waals surface area contributed by atoms with E-state index in [1.165, 1.54) is 6.08 Å². The highest BCUT2D eigenvalue weighted by Gasteiger charge is 2.16. The van der Waals surface area contributed by atoms with Crippen LogP contribution in [0.3, 0.4) is 0 Å². The molecule has 0 saturated heterocycles. The Morgan fingerprint density at radius 2 is 1.78 bits per heavy atom. The quantitative estimate of drug-likeness (QED) is 0.637. The molecule has 136 valence electrons. The summed E-state index contributed by atoms with van der Waals surface area (Å²) in [6.45, 7) is 2.51. The SMILES string of the molecule is CCOc1ccccc1/C=C/C(=O)NC(c1ccccc1)c1ccccn1. The Labute approximate surface area is 159 Å². The average Bonchev–Trinajstić information content (AvgIpc) is 2.73. The summed E-state index contributed by atoms with van der Waals surface area (Å²) in [7, 11) is 0. The number of nitrogens with one attached hydrogen (secondary N) is 1. The van der Waals surface area contributed by atoms with Crippen molar-refractivity contribution >= 4 is 12.0 Å². The van der Waals surface area contributed by atoms with Crippen molar-refractivity contribution < 1.29 is 9.53 Å². The molecule has 1 unspecified atom stereocenters. The number of benzene rings is 2. The lowest BCUT2D eigenvalue weighted by Crippen LogP contribution is -2.28. The van der Waals surface area contributed by atoms with Crippen molar-refractivity contribution in [2.75, 3.05) is 6.61 Å². The fourth-order valence-corrected chi connectivity index (χ4v) is 2.78. The topological polar surface area (TPSA) is 51.2 Å². The Morgan fingerprint density at radius 3 is 2.52 bits per heavy atom. The largest absolute Gasteiger partial charge is 0.493 e. The van der Waals surface area contributed by atoms with Gasteiger partial charge in [0, 0.05) is 17.8 Å². The summed E-state index contributed by atoms with van der Waals surface area (Å²) in [6.07, 6.45) is 5.02. The Balaban J connectivity index is 1.79. The molecule has 0 spiro atoms. The molecule has 0 aliphatic rings. The van der Waals surface area contributed by atoms with Crippen LogP contribution in [-0.2, 0) is 4.79 Å². The van der Waals surface area contributed by atoms with E-state index in [0.717, 1.165) is 22.6 Å². The van der Waals surface area contributed by atoms with Gasteiger partial charge in [-0.25, -0.2) is 0 Å². The third-order valence-corrected chi connectivity index (χ3v) is 4.04. The van der Waals surface area contributed by atoms with Crippen LogP contribution in [0.5, 0.6) is 5.75 Å². The number of ether oxygens (including phenoxy) is 1. The molecule has 0 aliphatic heterocycles. The summed E-state index contributed by atoms with van der Waals surface area (Å²) in [5, 5.41) is 3.04. The van der Waals surface area contributed by atoms with Crippen molar-refractivity contribution in [3.63, 3.8) is 0 Å². The number of carbonyl (C=O) groups excluding carboxylic acids is 1. The van der Waals surface area contributed by atoms with E-state index < -0.39 is 0 Å². The van der Waals surface area contributed by atoms with E-state index in [4.69, 9.17) is 4.74 Å². The smallest absolute Gasteiger partial charge is 0.244 e. The van der Waals surface area contributed by atoms with Crippen LogP contribution in [0.4, 0.5) is 0 Å². The predicted molar refractivity (Wildman–Crippen MR) is 107 cm³/mol. The van der Waals surface area contributed by atoms with Gasteiger partial charge in [-0.15, -0.1) is 0 Å². The Bertz CT molecular complexity index is 853. The van der Waals surface area contributed by atoms with Crippen molar-refractivity contribution in [2.24, 2.45) is 0 Å². The minimum atomic E-state index is -0.313. The van der Waals surface area contributed by atoms with E-state index in [0.29, 0.717) is 6.61 Å². The van der Waals surface area contributed by atoms with Crippen molar-refractivity contribution in [1.82, 2.24) is 10.3 Å². The molecule has 0 saturated carbocycles. The summed E-state index contributed by atoms with van der Waals surface area (Å²) < 4.78 is 5.60. The summed E-state index contributed by atoms with van der Waals surface area (Å²) in [5.41, 5.74) is 2.64. The first-order valence-electron chi connectivity index (χ1n) is 8.94. The Morgan fingerprint density at radius 1 is 1.04 bits per heavy atom. The summed E-state index contributed by atoms with van der Waals surface area (Å²) in [5.74, 6) is 0.564. The molecule has 1 amide bonds. The first-order valence-corrected chi connectivity index (χ1v) is 8.94. The maximum absolute atomic E-state index is 12.6. The van der Waals surface area contributed by atoms with Gasteiger partial charge in [0.05, 0.1) is 18.3 Å². The van der Waals surface area contributed by atoms with E-state index in [-0.39, 0.29) is 11.9 Å². The number of hydrogen-bond acceptors (Lipinski definition) is 3. The van der Waals surface area contributed by atoms with Gasteiger partial charge in [0.2, 0.25) is 5.91 Å². The molecule has 3 rings (SSSR count). The Hall–Kier alpha value is -3.40. The normalized spacial score (nSPS) is 11.9. The lowest BCUT2D eigenvalue weighted by Gasteiger charge is -2.18. The highest BCUT2D eigenvalue weighted by atomic mass is 16.5. The summed E-state index contributed by atoms with van der Waals surface area (Å²) in [6, 6.07) is 22.8. The molecule has 0 fully saturated rings. The zero-order valence-corrected chi connectivity index (χ0v) is 15.2. The van der Waals surface area contributed by atoms with Crippen LogP contribution in [0.15, 0.2) is 85.1 Å². The highest BCUT2D eigenvalue weighted by Crippen LogP contribution is 2.21. The van der Waals surface area contributed by atoms with Crippen LogP contribution in [0, 0.1) is 0 Å². The second kappa shape index (κ2) is 9.34. The number of hydrogen-bond donors (Lipinski definition) is 1. The molecule has 1 aromatic heterocycles. The number of nitrogens with zero attached hydrogens (tertiary/aromatic N) is 1. The second-order valence-corrected chi connectivity index (χ2v) is 5.91. The van der Waals surface area contributed by atoms with Crippen LogP contribution in [0.1, 0.15) is 29.8 Å². The van der Waals surface area contributed by atoms with Crippen molar-refractivity contribution in [1.29, 1.82) is 0 Å². The van der Waals surface area contributed by atoms with Gasteiger partial charge in [-0.05, 0) is 36.8 Å². The Kier molecular flexibility index (Phi) is 6.36. The fraction of sp³-hybridized carbons (Fsp3) is 0.130. The summed E-state index contributed by atoms with van der Waals surface area (Å²) >= 11 is 0. The highest BCUT2D eigenvalue weighted by molar-refractivity contribution is 5.92. The van der Waals surface area contributed by atoms with Crippen LogP contribution in [0.25, 0.3) is 6.08 Å². The number of aromatic nitrogens is 1. The van der Waals surface area contributed by atoms with Gasteiger partial charge in [0.1, 0.15) is 5.75 Å². The minimum absolute atomic E-state index is 0.194. The van der Waals surface area contributed by atoms with E-state index >= 15 is 0 Å². The van der Waals surface area contributed by atoms with E-state index in [1.54, 1.807) is 12.3 Å². The fourth-order valence-electron chi connectivity index (χ4n) is 2.78. The third kappa shape index (κ3) is 5.05. The molecule has 0 bridgehead atoms. The zero-order valence-electron chi connectivity index (χ0n) is 15.2. The van der Waals surface area contributed by atoms with Gasteiger partial charge in [0.15, 0.2) is 0 Å². The van der Waals surface area contributed by atoms with E-state index in [9.17, 15) is 4.79 Å². The predicted octanol–water partition coefficient (Wildman–Crippen LogP) is 4.40. The third-order valence-electron chi connectivity index (χ3n) is 4.04. The number of amides is 1. The lowest BCUT2D eigenvalue weighted by molar-refractivity contribution is -0.116. The van der Waals surface area contributed by atoms with Crippen LogP contribution >= 0.6 is 0 Å².